The van der Waals surface area contributed by atoms with Crippen molar-refractivity contribution in [3.8, 4) is 0 Å². The molecule has 0 atom stereocenters. The predicted molar refractivity (Wildman–Crippen MR) is 67.5 cm³/mol. The van der Waals surface area contributed by atoms with Crippen LogP contribution in [0.1, 0.15) is 45.4 Å². The van der Waals surface area contributed by atoms with E-state index in [-0.39, 0.29) is 0 Å². The summed E-state index contributed by atoms with van der Waals surface area (Å²) in [5.41, 5.74) is 0. The number of hydrogen-bond donors (Lipinski definition) is 1. The maximum absolute atomic E-state index is 5.60. The van der Waals surface area contributed by atoms with Crippen LogP contribution in [0, 0.1) is 17.8 Å². The van der Waals surface area contributed by atoms with Crippen molar-refractivity contribution in [3.63, 3.8) is 0 Å². The average molecular weight is 225 g/mol. The van der Waals surface area contributed by atoms with Crippen molar-refractivity contribution >= 4 is 0 Å². The van der Waals surface area contributed by atoms with Gasteiger partial charge in [0, 0.05) is 13.2 Å². The Bertz CT molecular complexity index is 183. The fourth-order valence-electron chi connectivity index (χ4n) is 2.52. The van der Waals surface area contributed by atoms with Gasteiger partial charge in [0.1, 0.15) is 0 Å². The van der Waals surface area contributed by atoms with Crippen molar-refractivity contribution in [2.45, 2.75) is 45.4 Å². The van der Waals surface area contributed by atoms with E-state index in [0.717, 1.165) is 37.5 Å². The highest BCUT2D eigenvalue weighted by molar-refractivity contribution is 4.73. The Morgan fingerprint density at radius 3 is 2.38 bits per heavy atom. The predicted octanol–water partition coefficient (Wildman–Crippen LogP) is 2.83. The van der Waals surface area contributed by atoms with Gasteiger partial charge in [-0.15, -0.1) is 0 Å². The zero-order valence-corrected chi connectivity index (χ0v) is 10.7. The SMILES string of the molecule is CC1CCC(CNCCOCC2CC2)CC1. The topological polar surface area (TPSA) is 21.3 Å². The van der Waals surface area contributed by atoms with Gasteiger partial charge in [0.2, 0.25) is 0 Å². The van der Waals surface area contributed by atoms with Crippen LogP contribution in [0.5, 0.6) is 0 Å². The molecule has 1 N–H and O–H groups in total. The maximum atomic E-state index is 5.60. The summed E-state index contributed by atoms with van der Waals surface area (Å²) in [4.78, 5) is 0. The van der Waals surface area contributed by atoms with Gasteiger partial charge < -0.3 is 10.1 Å². The molecule has 0 spiro atoms. The van der Waals surface area contributed by atoms with Crippen LogP contribution >= 0.6 is 0 Å². The van der Waals surface area contributed by atoms with E-state index in [1.54, 1.807) is 0 Å². The molecule has 2 saturated carbocycles. The fraction of sp³-hybridized carbons (Fsp3) is 1.00. The molecule has 0 unspecified atom stereocenters. The molecule has 2 fully saturated rings. The van der Waals surface area contributed by atoms with Gasteiger partial charge >= 0.3 is 0 Å². The highest BCUT2D eigenvalue weighted by atomic mass is 16.5. The Balaban J connectivity index is 1.39. The summed E-state index contributed by atoms with van der Waals surface area (Å²) in [5, 5.41) is 3.54. The first-order valence-electron chi connectivity index (χ1n) is 7.13. The molecule has 16 heavy (non-hydrogen) atoms. The van der Waals surface area contributed by atoms with Crippen LogP contribution in [-0.4, -0.2) is 26.3 Å². The van der Waals surface area contributed by atoms with Crippen molar-refractivity contribution in [3.05, 3.63) is 0 Å². The minimum absolute atomic E-state index is 0.902. The lowest BCUT2D eigenvalue weighted by Gasteiger charge is -2.26. The van der Waals surface area contributed by atoms with Crippen LogP contribution in [-0.2, 0) is 4.74 Å². The molecule has 94 valence electrons. The van der Waals surface area contributed by atoms with E-state index in [2.05, 4.69) is 12.2 Å². The van der Waals surface area contributed by atoms with Gasteiger partial charge in [0.05, 0.1) is 6.61 Å². The molecule has 0 bridgehead atoms. The molecule has 2 aliphatic carbocycles. The van der Waals surface area contributed by atoms with E-state index in [1.807, 2.05) is 0 Å². The maximum Gasteiger partial charge on any atom is 0.0591 e. The van der Waals surface area contributed by atoms with Crippen LogP contribution in [0.15, 0.2) is 0 Å². The Kier molecular flexibility index (Phi) is 5.11. The minimum atomic E-state index is 0.902. The highest BCUT2D eigenvalue weighted by Crippen LogP contribution is 2.29. The quantitative estimate of drug-likeness (QED) is 0.673. The lowest BCUT2D eigenvalue weighted by atomic mass is 9.83. The molecule has 2 aliphatic rings. The van der Waals surface area contributed by atoms with Crippen LogP contribution in [0.2, 0.25) is 0 Å². The first-order valence-corrected chi connectivity index (χ1v) is 7.13. The first kappa shape index (κ1) is 12.4. The van der Waals surface area contributed by atoms with E-state index in [4.69, 9.17) is 4.74 Å². The third kappa shape index (κ3) is 4.84. The van der Waals surface area contributed by atoms with Crippen molar-refractivity contribution in [2.24, 2.45) is 17.8 Å². The monoisotopic (exact) mass is 225 g/mol. The van der Waals surface area contributed by atoms with Crippen molar-refractivity contribution < 1.29 is 4.74 Å². The Hall–Kier alpha value is -0.0800. The molecule has 2 rings (SSSR count). The molecule has 0 aromatic heterocycles. The van der Waals surface area contributed by atoms with Crippen LogP contribution < -0.4 is 5.32 Å². The Morgan fingerprint density at radius 2 is 1.69 bits per heavy atom. The molecule has 0 amide bonds. The zero-order chi connectivity index (χ0) is 11.2. The largest absolute Gasteiger partial charge is 0.380 e. The second-order valence-corrected chi connectivity index (χ2v) is 5.85. The Labute approximate surface area is 100 Å². The smallest absolute Gasteiger partial charge is 0.0591 e. The third-order valence-electron chi connectivity index (χ3n) is 4.04. The molecule has 0 saturated heterocycles. The summed E-state index contributed by atoms with van der Waals surface area (Å²) >= 11 is 0. The van der Waals surface area contributed by atoms with Gasteiger partial charge in [-0.3, -0.25) is 0 Å². The molecular weight excluding hydrogens is 198 g/mol. The molecular formula is C14H27NO. The number of ether oxygens (including phenoxy) is 1. The average Bonchev–Trinajstić information content (AvgIpc) is 3.10. The van der Waals surface area contributed by atoms with E-state index in [1.165, 1.54) is 45.1 Å². The van der Waals surface area contributed by atoms with Gasteiger partial charge in [0.15, 0.2) is 0 Å². The lowest BCUT2D eigenvalue weighted by Crippen LogP contribution is -2.28. The summed E-state index contributed by atoms with van der Waals surface area (Å²) in [6.45, 7) is 6.54. The molecule has 2 heteroatoms. The zero-order valence-electron chi connectivity index (χ0n) is 10.7. The van der Waals surface area contributed by atoms with E-state index >= 15 is 0 Å². The fourth-order valence-corrected chi connectivity index (χ4v) is 2.52. The normalized spacial score (nSPS) is 30.6. The van der Waals surface area contributed by atoms with Crippen LogP contribution in [0.3, 0.4) is 0 Å². The highest BCUT2D eigenvalue weighted by Gasteiger charge is 2.21. The van der Waals surface area contributed by atoms with E-state index < -0.39 is 0 Å². The van der Waals surface area contributed by atoms with E-state index in [0.29, 0.717) is 0 Å². The molecule has 0 radical (unpaired) electrons. The number of rotatable bonds is 7. The van der Waals surface area contributed by atoms with Crippen molar-refractivity contribution in [1.82, 2.24) is 5.32 Å². The van der Waals surface area contributed by atoms with Gasteiger partial charge in [-0.05, 0) is 50.0 Å². The molecule has 0 aromatic rings. The summed E-state index contributed by atoms with van der Waals surface area (Å²) < 4.78 is 5.60. The number of nitrogens with one attached hydrogen (secondary N) is 1. The second-order valence-electron chi connectivity index (χ2n) is 5.85. The molecule has 0 heterocycles. The molecule has 0 aliphatic heterocycles. The summed E-state index contributed by atoms with van der Waals surface area (Å²) in [5.74, 6) is 2.80. The van der Waals surface area contributed by atoms with Gasteiger partial charge in [-0.1, -0.05) is 19.8 Å². The first-order chi connectivity index (χ1) is 7.84. The Morgan fingerprint density at radius 1 is 1.00 bits per heavy atom. The minimum Gasteiger partial charge on any atom is -0.380 e. The lowest BCUT2D eigenvalue weighted by molar-refractivity contribution is 0.124. The molecule has 2 nitrogen and oxygen atoms in total. The summed E-state index contributed by atoms with van der Waals surface area (Å²) in [6.07, 6.45) is 8.52. The second kappa shape index (κ2) is 6.61. The third-order valence-corrected chi connectivity index (χ3v) is 4.04. The van der Waals surface area contributed by atoms with Crippen molar-refractivity contribution in [2.75, 3.05) is 26.3 Å². The van der Waals surface area contributed by atoms with Crippen molar-refractivity contribution in [1.29, 1.82) is 0 Å². The summed E-state index contributed by atoms with van der Waals surface area (Å²) in [7, 11) is 0. The van der Waals surface area contributed by atoms with Crippen LogP contribution in [0.25, 0.3) is 0 Å². The molecule has 0 aromatic carbocycles. The standard InChI is InChI=1S/C14H27NO/c1-12-2-4-13(5-3-12)10-15-8-9-16-11-14-6-7-14/h12-15H,2-11H2,1H3. The van der Waals surface area contributed by atoms with E-state index in [9.17, 15) is 0 Å². The van der Waals surface area contributed by atoms with Gasteiger partial charge in [0.25, 0.3) is 0 Å². The van der Waals surface area contributed by atoms with Gasteiger partial charge in [-0.25, -0.2) is 0 Å². The number of hydrogen-bond acceptors (Lipinski definition) is 2. The van der Waals surface area contributed by atoms with Gasteiger partial charge in [-0.2, -0.15) is 0 Å². The summed E-state index contributed by atoms with van der Waals surface area (Å²) in [6, 6.07) is 0. The van der Waals surface area contributed by atoms with Crippen LogP contribution in [0.4, 0.5) is 0 Å².